The number of carboxylic acid groups (broad SMARTS) is 1. The van der Waals surface area contributed by atoms with E-state index in [-0.39, 0.29) is 24.8 Å². The number of halogens is 1. The number of hydrogen-bond donors (Lipinski definition) is 1. The number of carboxylic acids is 1. The van der Waals surface area contributed by atoms with Crippen molar-refractivity contribution in [1.29, 1.82) is 0 Å². The van der Waals surface area contributed by atoms with Gasteiger partial charge in [0.1, 0.15) is 0 Å². The lowest BCUT2D eigenvalue weighted by molar-refractivity contribution is -0.139. The summed E-state index contributed by atoms with van der Waals surface area (Å²) in [6, 6.07) is 7.43. The Morgan fingerprint density at radius 3 is 2.65 bits per heavy atom. The molecule has 0 bridgehead atoms. The third kappa shape index (κ3) is 5.21. The van der Waals surface area contributed by atoms with Gasteiger partial charge in [0, 0.05) is 24.0 Å². The van der Waals surface area contributed by atoms with E-state index in [9.17, 15) is 9.59 Å². The third-order valence-corrected chi connectivity index (χ3v) is 3.38. The number of rotatable bonds is 7. The van der Waals surface area contributed by atoms with Crippen LogP contribution in [0.4, 0.5) is 0 Å². The van der Waals surface area contributed by atoms with E-state index in [1.54, 1.807) is 11.0 Å². The Morgan fingerprint density at radius 1 is 1.40 bits per heavy atom. The molecule has 0 heterocycles. The molecule has 1 aromatic carbocycles. The monoisotopic (exact) mass is 297 g/mol. The quantitative estimate of drug-likeness (QED) is 0.842. The Hall–Kier alpha value is -1.55. The molecule has 0 saturated heterocycles. The van der Waals surface area contributed by atoms with Gasteiger partial charge in [0.25, 0.3) is 0 Å². The standard InChI is InChI=1S/C15H20ClNO3/c1-3-17(8-7-14(18)19)15(20)11(2)9-12-5-4-6-13(16)10-12/h4-6,10-11H,3,7-9H2,1-2H3,(H,18,19). The first-order valence-electron chi connectivity index (χ1n) is 6.69. The molecule has 1 amide bonds. The molecule has 0 radical (unpaired) electrons. The fourth-order valence-electron chi connectivity index (χ4n) is 2.07. The molecular formula is C15H20ClNO3. The minimum absolute atomic E-state index is 0.0197. The molecule has 20 heavy (non-hydrogen) atoms. The van der Waals surface area contributed by atoms with Crippen LogP contribution in [0.1, 0.15) is 25.8 Å². The molecule has 0 aliphatic heterocycles. The van der Waals surface area contributed by atoms with E-state index >= 15 is 0 Å². The van der Waals surface area contributed by atoms with Crippen molar-refractivity contribution in [3.05, 3.63) is 34.9 Å². The zero-order valence-corrected chi connectivity index (χ0v) is 12.6. The van der Waals surface area contributed by atoms with Crippen LogP contribution in [0.15, 0.2) is 24.3 Å². The molecule has 0 aliphatic carbocycles. The van der Waals surface area contributed by atoms with Crippen LogP contribution in [0.25, 0.3) is 0 Å². The van der Waals surface area contributed by atoms with Crippen molar-refractivity contribution in [3.8, 4) is 0 Å². The predicted octanol–water partition coefficient (Wildman–Crippen LogP) is 2.84. The highest BCUT2D eigenvalue weighted by atomic mass is 35.5. The van der Waals surface area contributed by atoms with Crippen molar-refractivity contribution in [1.82, 2.24) is 4.90 Å². The first kappa shape index (κ1) is 16.5. The highest BCUT2D eigenvalue weighted by Crippen LogP contribution is 2.16. The molecule has 0 aromatic heterocycles. The van der Waals surface area contributed by atoms with E-state index in [0.717, 1.165) is 5.56 Å². The van der Waals surface area contributed by atoms with Crippen LogP contribution in [0.3, 0.4) is 0 Å². The second-order valence-corrected chi connectivity index (χ2v) is 5.23. The van der Waals surface area contributed by atoms with Gasteiger partial charge >= 0.3 is 5.97 Å². The molecular weight excluding hydrogens is 278 g/mol. The van der Waals surface area contributed by atoms with Gasteiger partial charge < -0.3 is 10.0 Å². The van der Waals surface area contributed by atoms with E-state index in [1.165, 1.54) is 0 Å². The van der Waals surface area contributed by atoms with Crippen molar-refractivity contribution in [2.24, 2.45) is 5.92 Å². The summed E-state index contributed by atoms with van der Waals surface area (Å²) in [6.07, 6.45) is 0.576. The molecule has 4 nitrogen and oxygen atoms in total. The fourth-order valence-corrected chi connectivity index (χ4v) is 2.28. The second kappa shape index (κ2) is 7.90. The second-order valence-electron chi connectivity index (χ2n) is 4.80. The topological polar surface area (TPSA) is 57.6 Å². The molecule has 0 saturated carbocycles. The highest BCUT2D eigenvalue weighted by Gasteiger charge is 2.20. The summed E-state index contributed by atoms with van der Waals surface area (Å²) in [6.45, 7) is 4.48. The average molecular weight is 298 g/mol. The number of carbonyl (C=O) groups excluding carboxylic acids is 1. The normalized spacial score (nSPS) is 11.9. The summed E-state index contributed by atoms with van der Waals surface area (Å²) in [4.78, 5) is 24.5. The number of benzene rings is 1. The third-order valence-electron chi connectivity index (χ3n) is 3.14. The number of carbonyl (C=O) groups is 2. The number of amides is 1. The van der Waals surface area contributed by atoms with E-state index in [2.05, 4.69) is 0 Å². The van der Waals surface area contributed by atoms with Crippen LogP contribution < -0.4 is 0 Å². The predicted molar refractivity (Wildman–Crippen MR) is 78.8 cm³/mol. The summed E-state index contributed by atoms with van der Waals surface area (Å²) in [5.74, 6) is -1.10. The number of aliphatic carboxylic acids is 1. The molecule has 5 heteroatoms. The Morgan fingerprint density at radius 2 is 2.10 bits per heavy atom. The van der Waals surface area contributed by atoms with Crippen molar-refractivity contribution in [2.75, 3.05) is 13.1 Å². The zero-order chi connectivity index (χ0) is 15.1. The zero-order valence-electron chi connectivity index (χ0n) is 11.8. The number of hydrogen-bond acceptors (Lipinski definition) is 2. The number of nitrogens with zero attached hydrogens (tertiary/aromatic N) is 1. The van der Waals surface area contributed by atoms with E-state index in [0.29, 0.717) is 18.0 Å². The van der Waals surface area contributed by atoms with Crippen LogP contribution in [0, 0.1) is 5.92 Å². The molecule has 0 aliphatic rings. The van der Waals surface area contributed by atoms with Crippen LogP contribution >= 0.6 is 11.6 Å². The first-order valence-corrected chi connectivity index (χ1v) is 7.06. The molecule has 1 N–H and O–H groups in total. The van der Waals surface area contributed by atoms with Crippen LogP contribution in [0.5, 0.6) is 0 Å². The highest BCUT2D eigenvalue weighted by molar-refractivity contribution is 6.30. The van der Waals surface area contributed by atoms with Crippen molar-refractivity contribution < 1.29 is 14.7 Å². The van der Waals surface area contributed by atoms with Gasteiger partial charge in [-0.3, -0.25) is 9.59 Å². The Bertz CT molecular complexity index is 476. The maximum absolute atomic E-state index is 12.3. The average Bonchev–Trinajstić information content (AvgIpc) is 2.38. The molecule has 110 valence electrons. The van der Waals surface area contributed by atoms with Gasteiger partial charge in [-0.15, -0.1) is 0 Å². The lowest BCUT2D eigenvalue weighted by Crippen LogP contribution is -2.37. The van der Waals surface area contributed by atoms with Gasteiger partial charge in [0.15, 0.2) is 0 Å². The van der Waals surface area contributed by atoms with Gasteiger partial charge in [0.2, 0.25) is 5.91 Å². The molecule has 0 spiro atoms. The Balaban J connectivity index is 2.62. The molecule has 1 aromatic rings. The summed E-state index contributed by atoms with van der Waals surface area (Å²) >= 11 is 5.92. The summed E-state index contributed by atoms with van der Waals surface area (Å²) in [5, 5.41) is 9.34. The Kier molecular flexibility index (Phi) is 6.52. The fraction of sp³-hybridized carbons (Fsp3) is 0.467. The van der Waals surface area contributed by atoms with Crippen LogP contribution in [-0.2, 0) is 16.0 Å². The minimum Gasteiger partial charge on any atom is -0.481 e. The summed E-state index contributed by atoms with van der Waals surface area (Å²) in [7, 11) is 0. The molecule has 1 unspecified atom stereocenters. The van der Waals surface area contributed by atoms with Crippen molar-refractivity contribution in [3.63, 3.8) is 0 Å². The van der Waals surface area contributed by atoms with Crippen LogP contribution in [0.2, 0.25) is 5.02 Å². The lowest BCUT2D eigenvalue weighted by Gasteiger charge is -2.24. The van der Waals surface area contributed by atoms with Gasteiger partial charge in [0.05, 0.1) is 6.42 Å². The van der Waals surface area contributed by atoms with E-state index < -0.39 is 5.97 Å². The SMILES string of the molecule is CCN(CCC(=O)O)C(=O)C(C)Cc1cccc(Cl)c1. The maximum atomic E-state index is 12.3. The van der Waals surface area contributed by atoms with Gasteiger partial charge in [-0.2, -0.15) is 0 Å². The van der Waals surface area contributed by atoms with Crippen molar-refractivity contribution >= 4 is 23.5 Å². The smallest absolute Gasteiger partial charge is 0.305 e. The first-order chi connectivity index (χ1) is 9.43. The molecule has 0 fully saturated rings. The largest absolute Gasteiger partial charge is 0.481 e. The minimum atomic E-state index is -0.890. The summed E-state index contributed by atoms with van der Waals surface area (Å²) in [5.41, 5.74) is 1.01. The van der Waals surface area contributed by atoms with Gasteiger partial charge in [-0.05, 0) is 31.0 Å². The van der Waals surface area contributed by atoms with Crippen molar-refractivity contribution in [2.45, 2.75) is 26.7 Å². The maximum Gasteiger partial charge on any atom is 0.305 e. The van der Waals surface area contributed by atoms with Crippen LogP contribution in [-0.4, -0.2) is 35.0 Å². The van der Waals surface area contributed by atoms with Gasteiger partial charge in [-0.25, -0.2) is 0 Å². The molecule has 1 rings (SSSR count). The Labute approximate surface area is 124 Å². The summed E-state index contributed by atoms with van der Waals surface area (Å²) < 4.78 is 0. The molecule has 1 atom stereocenters. The van der Waals surface area contributed by atoms with E-state index in [1.807, 2.05) is 32.0 Å². The lowest BCUT2D eigenvalue weighted by atomic mass is 9.99. The van der Waals surface area contributed by atoms with Gasteiger partial charge in [-0.1, -0.05) is 30.7 Å². The van der Waals surface area contributed by atoms with E-state index in [4.69, 9.17) is 16.7 Å².